The van der Waals surface area contributed by atoms with E-state index in [1.54, 1.807) is 0 Å². The lowest BCUT2D eigenvalue weighted by Gasteiger charge is -2.39. The number of rotatable bonds is 7. The molecule has 2 aromatic heterocycles. The van der Waals surface area contributed by atoms with Gasteiger partial charge in [0.15, 0.2) is 17.5 Å². The Balaban J connectivity index is 0.988. The average molecular weight is 935 g/mol. The van der Waals surface area contributed by atoms with Crippen molar-refractivity contribution in [3.8, 4) is 73.2 Å². The molecule has 2 aliphatic rings. The number of para-hydroxylation sites is 1. The zero-order valence-corrected chi connectivity index (χ0v) is 40.7. The fraction of sp³-hybridized carbons (Fsp3) is 0.0870. The number of hydrogen-bond acceptors (Lipinski definition) is 3. The van der Waals surface area contributed by atoms with E-state index in [0.29, 0.717) is 23.4 Å². The third-order valence-corrected chi connectivity index (χ3v) is 15.7. The Morgan fingerprint density at radius 3 is 1.73 bits per heavy atom. The summed E-state index contributed by atoms with van der Waals surface area (Å²) >= 11 is 0. The van der Waals surface area contributed by atoms with Crippen molar-refractivity contribution in [1.82, 2.24) is 19.5 Å². The minimum absolute atomic E-state index is 0.205. The van der Waals surface area contributed by atoms with Crippen LogP contribution in [0.15, 0.2) is 242 Å². The fourth-order valence-corrected chi connectivity index (χ4v) is 12.3. The second kappa shape index (κ2) is 17.4. The average Bonchev–Trinajstić information content (AvgIpc) is 3.78. The summed E-state index contributed by atoms with van der Waals surface area (Å²) in [7, 11) is 0. The van der Waals surface area contributed by atoms with Crippen molar-refractivity contribution in [3.63, 3.8) is 0 Å². The summed E-state index contributed by atoms with van der Waals surface area (Å²) in [6.07, 6.45) is 8.09. The first-order valence-electron chi connectivity index (χ1n) is 25.6. The third-order valence-electron chi connectivity index (χ3n) is 15.7. The van der Waals surface area contributed by atoms with Crippen molar-refractivity contribution in [1.29, 1.82) is 0 Å². The molecule has 3 atom stereocenters. The van der Waals surface area contributed by atoms with Crippen LogP contribution in [0.5, 0.6) is 0 Å². The number of benzene rings is 10. The third kappa shape index (κ3) is 7.08. The molecule has 2 aliphatic carbocycles. The van der Waals surface area contributed by atoms with E-state index in [4.69, 9.17) is 15.0 Å². The molecule has 0 aliphatic heterocycles. The van der Waals surface area contributed by atoms with E-state index in [1.165, 1.54) is 71.5 Å². The smallest absolute Gasteiger partial charge is 0.164 e. The molecule has 0 amide bonds. The standard InChI is InChI=1S/C69H50N4/c1-43-21-12-13-30-50(43)65-44(2)57-42-64-59(41-60(57)66-55-35-17-15-32-52(55)58(40-61(65)66)46-24-8-4-9-25-46)54-34-18-19-36-62(54)73(64)63-38-37-56(51-31-14-16-33-53(51)63)69-71-67(47-26-10-5-11-27-47)70-68(72-69)49-29-20-28-48(39-49)45-22-6-3-7-23-45/h3-20,22-44,65H,21H2,1-2H3/t43?,44-,65?/m0/s1. The van der Waals surface area contributed by atoms with Crippen LogP contribution in [-0.4, -0.2) is 19.5 Å². The van der Waals surface area contributed by atoms with Crippen LogP contribution < -0.4 is 0 Å². The Bertz CT molecular complexity index is 4200. The topological polar surface area (TPSA) is 43.6 Å². The summed E-state index contributed by atoms with van der Waals surface area (Å²) in [4.78, 5) is 15.7. The molecule has 14 rings (SSSR count). The monoisotopic (exact) mass is 934 g/mol. The molecular formula is C69H50N4. The maximum atomic E-state index is 5.31. The highest BCUT2D eigenvalue weighted by Crippen LogP contribution is 2.56. The van der Waals surface area contributed by atoms with Crippen LogP contribution in [0.25, 0.3) is 117 Å². The SMILES string of the molecule is CC1CC=CC=C1C1c2cc(-c3ccccc3)c3ccccc3c2-c2cc3c4ccccc4n(-c4ccc(-c5nc(-c6ccccc6)nc(-c6cccc(-c7ccccc7)c6)n5)c5ccccc45)c3cc2[C@@H]1C. The van der Waals surface area contributed by atoms with Gasteiger partial charge in [-0.15, -0.1) is 0 Å². The highest BCUT2D eigenvalue weighted by atomic mass is 15.0. The molecule has 346 valence electrons. The second-order valence-electron chi connectivity index (χ2n) is 19.9. The Hall–Kier alpha value is -8.99. The van der Waals surface area contributed by atoms with Crippen LogP contribution in [0, 0.1) is 5.92 Å². The molecular weight excluding hydrogens is 885 g/mol. The van der Waals surface area contributed by atoms with Gasteiger partial charge in [-0.2, -0.15) is 0 Å². The Morgan fingerprint density at radius 2 is 0.986 bits per heavy atom. The zero-order valence-electron chi connectivity index (χ0n) is 40.7. The maximum Gasteiger partial charge on any atom is 0.164 e. The van der Waals surface area contributed by atoms with E-state index in [0.717, 1.165) is 50.7 Å². The largest absolute Gasteiger partial charge is 0.309 e. The molecule has 0 N–H and O–H groups in total. The molecule has 0 spiro atoms. The summed E-state index contributed by atoms with van der Waals surface area (Å²) in [5.41, 5.74) is 18.2. The maximum absolute atomic E-state index is 5.31. The Kier molecular flexibility index (Phi) is 10.2. The number of aromatic nitrogens is 4. The van der Waals surface area contributed by atoms with Crippen molar-refractivity contribution in [3.05, 3.63) is 253 Å². The quantitative estimate of drug-likeness (QED) is 0.160. The molecule has 4 heteroatoms. The van der Waals surface area contributed by atoms with Gasteiger partial charge in [-0.1, -0.05) is 214 Å². The van der Waals surface area contributed by atoms with E-state index in [-0.39, 0.29) is 11.8 Å². The second-order valence-corrected chi connectivity index (χ2v) is 19.9. The molecule has 73 heavy (non-hydrogen) atoms. The molecule has 0 fully saturated rings. The van der Waals surface area contributed by atoms with Crippen LogP contribution in [-0.2, 0) is 0 Å². The molecule has 4 nitrogen and oxygen atoms in total. The van der Waals surface area contributed by atoms with Gasteiger partial charge in [0.2, 0.25) is 0 Å². The van der Waals surface area contributed by atoms with Crippen molar-refractivity contribution >= 4 is 43.4 Å². The Morgan fingerprint density at radius 1 is 0.397 bits per heavy atom. The molecule has 2 heterocycles. The molecule has 0 saturated heterocycles. The highest BCUT2D eigenvalue weighted by Gasteiger charge is 2.37. The highest BCUT2D eigenvalue weighted by molar-refractivity contribution is 6.15. The van der Waals surface area contributed by atoms with E-state index in [9.17, 15) is 0 Å². The lowest BCUT2D eigenvalue weighted by atomic mass is 9.65. The minimum atomic E-state index is 0.205. The first-order valence-corrected chi connectivity index (χ1v) is 25.6. The van der Waals surface area contributed by atoms with Gasteiger partial charge in [-0.25, -0.2) is 15.0 Å². The molecule has 2 unspecified atom stereocenters. The van der Waals surface area contributed by atoms with Crippen molar-refractivity contribution in [2.75, 3.05) is 0 Å². The molecule has 12 aromatic rings. The fourth-order valence-electron chi connectivity index (χ4n) is 12.3. The minimum Gasteiger partial charge on any atom is -0.309 e. The van der Waals surface area contributed by atoms with E-state index >= 15 is 0 Å². The zero-order chi connectivity index (χ0) is 48.6. The van der Waals surface area contributed by atoms with Crippen LogP contribution in [0.1, 0.15) is 43.2 Å². The molecule has 0 saturated carbocycles. The van der Waals surface area contributed by atoms with Crippen LogP contribution in [0.4, 0.5) is 0 Å². The summed E-state index contributed by atoms with van der Waals surface area (Å²) in [6.45, 7) is 4.89. The lowest BCUT2D eigenvalue weighted by Crippen LogP contribution is -2.22. The summed E-state index contributed by atoms with van der Waals surface area (Å²) < 4.78 is 2.51. The van der Waals surface area contributed by atoms with E-state index in [1.807, 2.05) is 24.3 Å². The number of hydrogen-bond donors (Lipinski definition) is 0. The predicted octanol–water partition coefficient (Wildman–Crippen LogP) is 18.0. The van der Waals surface area contributed by atoms with Crippen molar-refractivity contribution < 1.29 is 0 Å². The van der Waals surface area contributed by atoms with Crippen LogP contribution >= 0.6 is 0 Å². The van der Waals surface area contributed by atoms with Gasteiger partial charge < -0.3 is 4.57 Å². The molecule has 10 aromatic carbocycles. The summed E-state index contributed by atoms with van der Waals surface area (Å²) in [6, 6.07) is 79.1. The van der Waals surface area contributed by atoms with Gasteiger partial charge in [0, 0.05) is 38.8 Å². The number of nitrogens with zero attached hydrogens (tertiary/aromatic N) is 4. The normalized spacial score (nSPS) is 16.2. The predicted molar refractivity (Wildman–Crippen MR) is 304 cm³/mol. The van der Waals surface area contributed by atoms with Gasteiger partial charge in [-0.05, 0) is 121 Å². The van der Waals surface area contributed by atoms with Crippen molar-refractivity contribution in [2.24, 2.45) is 5.92 Å². The van der Waals surface area contributed by atoms with Gasteiger partial charge in [0.1, 0.15) is 0 Å². The van der Waals surface area contributed by atoms with E-state index < -0.39 is 0 Å². The van der Waals surface area contributed by atoms with Crippen molar-refractivity contribution in [2.45, 2.75) is 32.1 Å². The first-order chi connectivity index (χ1) is 36.1. The molecule has 0 bridgehead atoms. The van der Waals surface area contributed by atoms with Crippen LogP contribution in [0.3, 0.4) is 0 Å². The Labute approximate surface area is 425 Å². The van der Waals surface area contributed by atoms with Gasteiger partial charge in [0.25, 0.3) is 0 Å². The van der Waals surface area contributed by atoms with Crippen LogP contribution in [0.2, 0.25) is 0 Å². The van der Waals surface area contributed by atoms with Gasteiger partial charge >= 0.3 is 0 Å². The molecule has 0 radical (unpaired) electrons. The summed E-state index contributed by atoms with van der Waals surface area (Å²) in [5, 5.41) is 7.27. The lowest BCUT2D eigenvalue weighted by molar-refractivity contribution is 0.547. The van der Waals surface area contributed by atoms with Gasteiger partial charge in [0.05, 0.1) is 16.7 Å². The number of allylic oxidation sites excluding steroid dienone is 4. The van der Waals surface area contributed by atoms with Gasteiger partial charge in [-0.3, -0.25) is 0 Å². The summed E-state index contributed by atoms with van der Waals surface area (Å²) in [5.74, 6) is 2.76. The van der Waals surface area contributed by atoms with E-state index in [2.05, 4.69) is 231 Å². The number of fused-ring (bicyclic) bond motifs is 9. The first kappa shape index (κ1) is 42.9.